The van der Waals surface area contributed by atoms with Gasteiger partial charge >= 0.3 is 0 Å². The second-order valence-corrected chi connectivity index (χ2v) is 5.79. The van der Waals surface area contributed by atoms with Gasteiger partial charge in [0.25, 0.3) is 5.91 Å². The van der Waals surface area contributed by atoms with Crippen molar-refractivity contribution in [2.45, 2.75) is 0 Å². The fraction of sp³-hybridized carbons (Fsp3) is 0. The number of nitrogens with zero attached hydrogens (tertiary/aromatic N) is 2. The van der Waals surface area contributed by atoms with Crippen LogP contribution in [-0.4, -0.2) is 26.1 Å². The highest BCUT2D eigenvalue weighted by Crippen LogP contribution is 2.27. The second-order valence-electron chi connectivity index (χ2n) is 4.71. The number of rotatable bonds is 3. The second kappa shape index (κ2) is 5.12. The maximum absolute atomic E-state index is 12.3. The molecule has 0 saturated heterocycles. The summed E-state index contributed by atoms with van der Waals surface area (Å²) in [6.45, 7) is 0. The first-order valence-electron chi connectivity index (χ1n) is 6.65. The van der Waals surface area contributed by atoms with Crippen LogP contribution >= 0.6 is 11.3 Å². The van der Waals surface area contributed by atoms with E-state index in [4.69, 9.17) is 0 Å². The Kier molecular flexibility index (Phi) is 2.97. The molecule has 0 unspecified atom stereocenters. The molecule has 1 amide bonds. The molecule has 0 aliphatic heterocycles. The Labute approximate surface area is 129 Å². The van der Waals surface area contributed by atoms with E-state index in [1.165, 1.54) is 11.3 Å². The molecule has 3 aromatic heterocycles. The van der Waals surface area contributed by atoms with Gasteiger partial charge < -0.3 is 4.98 Å². The third-order valence-corrected chi connectivity index (χ3v) is 4.37. The molecule has 4 rings (SSSR count). The monoisotopic (exact) mass is 309 g/mol. The van der Waals surface area contributed by atoms with Crippen molar-refractivity contribution >= 4 is 34.2 Å². The highest BCUT2D eigenvalue weighted by molar-refractivity contribution is 7.17. The Bertz CT molecular complexity index is 905. The molecule has 108 valence electrons. The lowest BCUT2D eigenvalue weighted by Gasteiger charge is -1.98. The number of fused-ring (bicyclic) bond motifs is 1. The van der Waals surface area contributed by atoms with Gasteiger partial charge in [-0.1, -0.05) is 12.1 Å². The van der Waals surface area contributed by atoms with Crippen molar-refractivity contribution in [2.75, 3.05) is 5.32 Å². The Morgan fingerprint density at radius 1 is 1.18 bits per heavy atom. The van der Waals surface area contributed by atoms with Crippen molar-refractivity contribution in [1.29, 1.82) is 0 Å². The van der Waals surface area contributed by atoms with Crippen LogP contribution in [0.3, 0.4) is 0 Å². The molecule has 0 atom stereocenters. The van der Waals surface area contributed by atoms with E-state index in [0.717, 1.165) is 21.5 Å². The third kappa shape index (κ3) is 2.27. The van der Waals surface area contributed by atoms with Crippen LogP contribution in [0.2, 0.25) is 0 Å². The number of benzene rings is 1. The van der Waals surface area contributed by atoms with Crippen LogP contribution in [0.25, 0.3) is 21.5 Å². The normalized spacial score (nSPS) is 10.9. The first-order chi connectivity index (χ1) is 10.8. The number of hydrogen-bond donors (Lipinski definition) is 3. The molecule has 3 heterocycles. The van der Waals surface area contributed by atoms with Crippen molar-refractivity contribution in [3.05, 3.63) is 53.7 Å². The van der Waals surface area contributed by atoms with E-state index in [2.05, 4.69) is 25.5 Å². The van der Waals surface area contributed by atoms with E-state index in [1.807, 2.05) is 30.3 Å². The Morgan fingerprint density at radius 2 is 2.09 bits per heavy atom. The number of H-pyrrole nitrogens is 2. The van der Waals surface area contributed by atoms with Crippen LogP contribution < -0.4 is 5.32 Å². The lowest BCUT2D eigenvalue weighted by molar-refractivity contribution is 0.103. The zero-order valence-corrected chi connectivity index (χ0v) is 12.1. The number of para-hydroxylation sites is 2. The van der Waals surface area contributed by atoms with Gasteiger partial charge in [0.05, 0.1) is 22.1 Å². The Hall–Kier alpha value is -2.93. The molecule has 0 radical (unpaired) electrons. The molecule has 0 fully saturated rings. The molecule has 4 aromatic rings. The van der Waals surface area contributed by atoms with E-state index >= 15 is 0 Å². The molecule has 0 aliphatic rings. The van der Waals surface area contributed by atoms with Crippen molar-refractivity contribution in [3.8, 4) is 10.4 Å². The lowest BCUT2D eigenvalue weighted by atomic mass is 10.3. The van der Waals surface area contributed by atoms with Gasteiger partial charge in [0.1, 0.15) is 0 Å². The summed E-state index contributed by atoms with van der Waals surface area (Å²) >= 11 is 1.41. The van der Waals surface area contributed by atoms with Gasteiger partial charge in [-0.15, -0.1) is 11.3 Å². The van der Waals surface area contributed by atoms with Crippen LogP contribution in [0, 0.1) is 0 Å². The smallest absolute Gasteiger partial charge is 0.268 e. The van der Waals surface area contributed by atoms with E-state index in [0.29, 0.717) is 10.8 Å². The minimum Gasteiger partial charge on any atom is -0.324 e. The summed E-state index contributed by atoms with van der Waals surface area (Å²) in [6.07, 6.45) is 3.53. The summed E-state index contributed by atoms with van der Waals surface area (Å²) < 4.78 is 0. The molecule has 0 saturated carbocycles. The topological polar surface area (TPSA) is 86.5 Å². The van der Waals surface area contributed by atoms with Crippen molar-refractivity contribution < 1.29 is 4.79 Å². The predicted octanol–water partition coefficient (Wildman–Crippen LogP) is 3.27. The van der Waals surface area contributed by atoms with E-state index in [-0.39, 0.29) is 5.91 Å². The summed E-state index contributed by atoms with van der Waals surface area (Å²) in [4.78, 5) is 21.3. The van der Waals surface area contributed by atoms with E-state index in [1.54, 1.807) is 18.5 Å². The van der Waals surface area contributed by atoms with Gasteiger partial charge in [-0.05, 0) is 24.3 Å². The quantitative estimate of drug-likeness (QED) is 0.543. The molecule has 0 spiro atoms. The van der Waals surface area contributed by atoms with Crippen LogP contribution in [0.1, 0.15) is 9.67 Å². The van der Waals surface area contributed by atoms with Crippen LogP contribution in [0.4, 0.5) is 5.95 Å². The fourth-order valence-electron chi connectivity index (χ4n) is 2.18. The predicted molar refractivity (Wildman–Crippen MR) is 85.9 cm³/mol. The Balaban J connectivity index is 1.57. The minimum atomic E-state index is -0.182. The molecular formula is C15H11N5OS. The molecule has 22 heavy (non-hydrogen) atoms. The molecule has 1 aromatic carbocycles. The third-order valence-electron chi connectivity index (χ3n) is 3.23. The summed E-state index contributed by atoms with van der Waals surface area (Å²) in [5, 5.41) is 9.46. The molecule has 0 bridgehead atoms. The van der Waals surface area contributed by atoms with Gasteiger partial charge in [-0.2, -0.15) is 5.10 Å². The number of imidazole rings is 1. The number of hydrogen-bond acceptors (Lipinski definition) is 4. The number of aromatic amines is 2. The summed E-state index contributed by atoms with van der Waals surface area (Å²) in [7, 11) is 0. The molecule has 0 aliphatic carbocycles. The first kappa shape index (κ1) is 12.8. The van der Waals surface area contributed by atoms with Gasteiger partial charge in [0.2, 0.25) is 5.95 Å². The molecule has 3 N–H and O–H groups in total. The highest BCUT2D eigenvalue weighted by Gasteiger charge is 2.12. The Morgan fingerprint density at radius 3 is 2.91 bits per heavy atom. The number of carbonyl (C=O) groups is 1. The summed E-state index contributed by atoms with van der Waals surface area (Å²) in [5.74, 6) is 0.267. The summed E-state index contributed by atoms with van der Waals surface area (Å²) in [5.41, 5.74) is 2.68. The first-order valence-corrected chi connectivity index (χ1v) is 7.46. The number of aromatic nitrogens is 4. The number of anilines is 1. The van der Waals surface area contributed by atoms with Crippen molar-refractivity contribution in [2.24, 2.45) is 0 Å². The van der Waals surface area contributed by atoms with Crippen LogP contribution in [-0.2, 0) is 0 Å². The number of nitrogens with one attached hydrogen (secondary N) is 3. The average Bonchev–Trinajstić information content (AvgIpc) is 3.26. The number of thiophene rings is 1. The molecule has 7 heteroatoms. The van der Waals surface area contributed by atoms with Gasteiger partial charge in [-0.25, -0.2) is 4.98 Å². The maximum Gasteiger partial charge on any atom is 0.268 e. The van der Waals surface area contributed by atoms with Crippen molar-refractivity contribution in [3.63, 3.8) is 0 Å². The standard InChI is InChI=1S/C15H11N5OS/c21-14(13-6-5-12(22-13)9-7-16-17-8-9)20-15-18-10-3-1-2-4-11(10)19-15/h1-8H,(H,16,17)(H2,18,19,20,21). The van der Waals surface area contributed by atoms with Gasteiger partial charge in [0, 0.05) is 16.6 Å². The fourth-order valence-corrected chi connectivity index (χ4v) is 3.06. The highest BCUT2D eigenvalue weighted by atomic mass is 32.1. The van der Waals surface area contributed by atoms with Gasteiger partial charge in [0.15, 0.2) is 0 Å². The number of carbonyl (C=O) groups excluding carboxylic acids is 1. The van der Waals surface area contributed by atoms with Crippen LogP contribution in [0.5, 0.6) is 0 Å². The number of amides is 1. The average molecular weight is 309 g/mol. The van der Waals surface area contributed by atoms with Crippen LogP contribution in [0.15, 0.2) is 48.8 Å². The molecular weight excluding hydrogens is 298 g/mol. The lowest BCUT2D eigenvalue weighted by Crippen LogP contribution is -2.11. The summed E-state index contributed by atoms with van der Waals surface area (Å²) in [6, 6.07) is 11.3. The SMILES string of the molecule is O=C(Nc1nc2ccccc2[nH]1)c1ccc(-c2cn[nH]c2)s1. The zero-order chi connectivity index (χ0) is 14.9. The maximum atomic E-state index is 12.3. The molecule has 6 nitrogen and oxygen atoms in total. The zero-order valence-electron chi connectivity index (χ0n) is 11.3. The van der Waals surface area contributed by atoms with Crippen molar-refractivity contribution in [1.82, 2.24) is 20.2 Å². The van der Waals surface area contributed by atoms with E-state index in [9.17, 15) is 4.79 Å². The largest absolute Gasteiger partial charge is 0.324 e. The van der Waals surface area contributed by atoms with E-state index < -0.39 is 0 Å². The van der Waals surface area contributed by atoms with Gasteiger partial charge in [-0.3, -0.25) is 15.2 Å². The minimum absolute atomic E-state index is 0.182.